The molecule has 0 aliphatic carbocycles. The summed E-state index contributed by atoms with van der Waals surface area (Å²) in [6.07, 6.45) is 3.26. The molecule has 0 amide bonds. The number of nitrogens with zero attached hydrogens (tertiary/aromatic N) is 4. The number of rotatable bonds is 3. The molecular formula is C10H9N5O2S. The van der Waals surface area contributed by atoms with E-state index in [1.54, 1.807) is 12.4 Å². The Kier molecular flexibility index (Phi) is 3.38. The first kappa shape index (κ1) is 12.2. The van der Waals surface area contributed by atoms with Crippen molar-refractivity contribution < 1.29 is 4.92 Å². The molecule has 92 valence electrons. The average molecular weight is 263 g/mol. The summed E-state index contributed by atoms with van der Waals surface area (Å²) < 4.78 is 0. The van der Waals surface area contributed by atoms with Gasteiger partial charge in [0.1, 0.15) is 5.82 Å². The van der Waals surface area contributed by atoms with Crippen LogP contribution >= 0.6 is 11.8 Å². The van der Waals surface area contributed by atoms with Crippen molar-refractivity contribution in [1.82, 2.24) is 15.0 Å². The molecule has 0 fully saturated rings. The topological polar surface area (TPSA) is 108 Å². The Morgan fingerprint density at radius 2 is 2.00 bits per heavy atom. The molecule has 0 radical (unpaired) electrons. The van der Waals surface area contributed by atoms with E-state index in [0.29, 0.717) is 5.16 Å². The van der Waals surface area contributed by atoms with Crippen LogP contribution < -0.4 is 5.73 Å². The fourth-order valence-electron chi connectivity index (χ4n) is 1.18. The number of aromatic nitrogens is 3. The van der Waals surface area contributed by atoms with Crippen molar-refractivity contribution in [3.05, 3.63) is 40.2 Å². The van der Waals surface area contributed by atoms with Gasteiger partial charge in [0.05, 0.1) is 4.92 Å². The maximum atomic E-state index is 10.8. The zero-order valence-corrected chi connectivity index (χ0v) is 10.2. The molecule has 0 unspecified atom stereocenters. The van der Waals surface area contributed by atoms with Crippen LogP contribution in [0.15, 0.2) is 34.7 Å². The summed E-state index contributed by atoms with van der Waals surface area (Å²) >= 11 is 1.01. The Balaban J connectivity index is 2.35. The van der Waals surface area contributed by atoms with Gasteiger partial charge in [0, 0.05) is 18.5 Å². The molecule has 2 N–H and O–H groups in total. The zero-order chi connectivity index (χ0) is 13.1. The maximum absolute atomic E-state index is 10.8. The van der Waals surface area contributed by atoms with Crippen molar-refractivity contribution in [3.63, 3.8) is 0 Å². The first-order valence-electron chi connectivity index (χ1n) is 4.93. The molecule has 0 aromatic carbocycles. The highest BCUT2D eigenvalue weighted by molar-refractivity contribution is 7.99. The SMILES string of the molecule is Cc1cnc(Sc2nc(N)ccc2[N+](=O)[O-])nc1. The number of pyridine rings is 1. The summed E-state index contributed by atoms with van der Waals surface area (Å²) in [5, 5.41) is 11.4. The van der Waals surface area contributed by atoms with Crippen LogP contribution in [0.4, 0.5) is 11.5 Å². The van der Waals surface area contributed by atoms with Crippen molar-refractivity contribution in [1.29, 1.82) is 0 Å². The lowest BCUT2D eigenvalue weighted by Gasteiger charge is -2.02. The van der Waals surface area contributed by atoms with Crippen LogP contribution in [0.2, 0.25) is 0 Å². The summed E-state index contributed by atoms with van der Waals surface area (Å²) in [6, 6.07) is 2.71. The number of nitrogens with two attached hydrogens (primary N) is 1. The van der Waals surface area contributed by atoms with Crippen LogP contribution in [0.3, 0.4) is 0 Å². The third-order valence-corrected chi connectivity index (χ3v) is 2.89. The van der Waals surface area contributed by atoms with E-state index in [1.807, 2.05) is 6.92 Å². The number of nitro groups is 1. The van der Waals surface area contributed by atoms with Crippen LogP contribution in [0, 0.1) is 17.0 Å². The minimum Gasteiger partial charge on any atom is -0.384 e. The van der Waals surface area contributed by atoms with Gasteiger partial charge in [-0.2, -0.15) is 0 Å². The third-order valence-electron chi connectivity index (χ3n) is 2.00. The largest absolute Gasteiger partial charge is 0.384 e. The van der Waals surface area contributed by atoms with Gasteiger partial charge < -0.3 is 5.73 Å². The van der Waals surface area contributed by atoms with Gasteiger partial charge in [-0.15, -0.1) is 0 Å². The first-order valence-corrected chi connectivity index (χ1v) is 5.75. The lowest BCUT2D eigenvalue weighted by atomic mass is 10.4. The second kappa shape index (κ2) is 4.96. The van der Waals surface area contributed by atoms with E-state index < -0.39 is 4.92 Å². The fourth-order valence-corrected chi connectivity index (χ4v) is 1.96. The number of anilines is 1. The highest BCUT2D eigenvalue weighted by Gasteiger charge is 2.17. The molecule has 0 saturated heterocycles. The van der Waals surface area contributed by atoms with E-state index in [-0.39, 0.29) is 16.5 Å². The van der Waals surface area contributed by atoms with E-state index >= 15 is 0 Å². The first-order chi connectivity index (χ1) is 8.56. The summed E-state index contributed by atoms with van der Waals surface area (Å²) in [6.45, 7) is 1.86. The Labute approximate surface area is 107 Å². The van der Waals surface area contributed by atoms with Crippen molar-refractivity contribution in [2.45, 2.75) is 17.1 Å². The molecule has 0 atom stereocenters. The van der Waals surface area contributed by atoms with E-state index in [1.165, 1.54) is 12.1 Å². The van der Waals surface area contributed by atoms with E-state index in [0.717, 1.165) is 17.3 Å². The van der Waals surface area contributed by atoms with Crippen molar-refractivity contribution in [2.75, 3.05) is 5.73 Å². The molecule has 2 aromatic heterocycles. The number of hydrogen-bond acceptors (Lipinski definition) is 7. The molecular weight excluding hydrogens is 254 g/mol. The lowest BCUT2D eigenvalue weighted by molar-refractivity contribution is -0.388. The predicted octanol–water partition coefficient (Wildman–Crippen LogP) is 1.82. The Morgan fingerprint density at radius 3 is 2.61 bits per heavy atom. The number of aryl methyl sites for hydroxylation is 1. The van der Waals surface area contributed by atoms with Crippen LogP contribution in [0.25, 0.3) is 0 Å². The van der Waals surface area contributed by atoms with Crippen LogP contribution in [0.1, 0.15) is 5.56 Å². The second-order valence-electron chi connectivity index (χ2n) is 3.46. The summed E-state index contributed by atoms with van der Waals surface area (Å²) in [5.41, 5.74) is 6.32. The normalized spacial score (nSPS) is 10.3. The van der Waals surface area contributed by atoms with Gasteiger partial charge in [0.25, 0.3) is 0 Å². The average Bonchev–Trinajstić information content (AvgIpc) is 2.32. The Bertz CT molecular complexity index is 587. The van der Waals surface area contributed by atoms with Gasteiger partial charge in [-0.3, -0.25) is 10.1 Å². The molecule has 8 heteroatoms. The smallest absolute Gasteiger partial charge is 0.301 e. The molecule has 0 saturated carbocycles. The van der Waals surface area contributed by atoms with Crippen LogP contribution in [-0.4, -0.2) is 19.9 Å². The maximum Gasteiger partial charge on any atom is 0.301 e. The van der Waals surface area contributed by atoms with Gasteiger partial charge in [0.15, 0.2) is 10.2 Å². The zero-order valence-electron chi connectivity index (χ0n) is 9.40. The number of hydrogen-bond donors (Lipinski definition) is 1. The van der Waals surface area contributed by atoms with Crippen molar-refractivity contribution >= 4 is 23.3 Å². The summed E-state index contributed by atoms with van der Waals surface area (Å²) in [7, 11) is 0. The Morgan fingerprint density at radius 1 is 1.33 bits per heavy atom. The van der Waals surface area contributed by atoms with Crippen molar-refractivity contribution in [2.24, 2.45) is 0 Å². The van der Waals surface area contributed by atoms with Gasteiger partial charge in [0.2, 0.25) is 0 Å². The minimum absolute atomic E-state index is 0.113. The monoisotopic (exact) mass is 263 g/mol. The predicted molar refractivity (Wildman–Crippen MR) is 66.2 cm³/mol. The quantitative estimate of drug-likeness (QED) is 0.511. The van der Waals surface area contributed by atoms with Crippen LogP contribution in [-0.2, 0) is 0 Å². The minimum atomic E-state index is -0.511. The van der Waals surface area contributed by atoms with Gasteiger partial charge in [-0.1, -0.05) is 0 Å². The molecule has 0 aliphatic rings. The Hall–Kier alpha value is -2.22. The number of nitrogen functional groups attached to an aromatic ring is 1. The molecule has 0 aliphatic heterocycles. The van der Waals surface area contributed by atoms with Gasteiger partial charge in [-0.25, -0.2) is 15.0 Å². The van der Waals surface area contributed by atoms with E-state index in [2.05, 4.69) is 15.0 Å². The summed E-state index contributed by atoms with van der Waals surface area (Å²) in [4.78, 5) is 22.4. The lowest BCUT2D eigenvalue weighted by Crippen LogP contribution is -1.98. The highest BCUT2D eigenvalue weighted by atomic mass is 32.2. The fraction of sp³-hybridized carbons (Fsp3) is 0.100. The standard InChI is InChI=1S/C10H9N5O2S/c1-6-4-12-10(13-5-6)18-9-7(15(16)17)2-3-8(11)14-9/h2-5H,1H3,(H2,11,14). The molecule has 7 nitrogen and oxygen atoms in total. The second-order valence-corrected chi connectivity index (χ2v) is 4.42. The molecule has 2 rings (SSSR count). The molecule has 0 spiro atoms. The van der Waals surface area contributed by atoms with Crippen LogP contribution in [0.5, 0.6) is 0 Å². The van der Waals surface area contributed by atoms with Gasteiger partial charge >= 0.3 is 5.69 Å². The molecule has 0 bridgehead atoms. The van der Waals surface area contributed by atoms with Gasteiger partial charge in [-0.05, 0) is 30.3 Å². The third kappa shape index (κ3) is 2.72. The summed E-state index contributed by atoms with van der Waals surface area (Å²) in [5.74, 6) is 0.218. The molecule has 18 heavy (non-hydrogen) atoms. The molecule has 2 aromatic rings. The molecule has 2 heterocycles. The van der Waals surface area contributed by atoms with E-state index in [9.17, 15) is 10.1 Å². The highest BCUT2D eigenvalue weighted by Crippen LogP contribution is 2.31. The van der Waals surface area contributed by atoms with E-state index in [4.69, 9.17) is 5.73 Å². The van der Waals surface area contributed by atoms with Crippen molar-refractivity contribution in [3.8, 4) is 0 Å².